The Labute approximate surface area is 189 Å². The van der Waals surface area contributed by atoms with Crippen molar-refractivity contribution in [3.63, 3.8) is 0 Å². The Kier molecular flexibility index (Phi) is 12.3. The fraction of sp³-hybridized carbons (Fsp3) is 0.950. The maximum absolute atomic E-state index is 12.2. The number of aliphatic imine (C=N–C) groups is 1. The van der Waals surface area contributed by atoms with Crippen LogP contribution in [-0.2, 0) is 10.0 Å². The number of rotatable bonds is 8. The monoisotopic (exact) mass is 528 g/mol. The number of nitrogens with zero attached hydrogens (tertiary/aromatic N) is 2. The van der Waals surface area contributed by atoms with Gasteiger partial charge in [-0.15, -0.1) is 24.0 Å². The smallest absolute Gasteiger partial charge is 0.214 e. The topological polar surface area (TPSA) is 73.8 Å². The quantitative estimate of drug-likeness (QED) is 0.287. The molecule has 2 N–H and O–H groups in total. The van der Waals surface area contributed by atoms with Gasteiger partial charge in [-0.25, -0.2) is 12.7 Å². The Morgan fingerprint density at radius 1 is 1.14 bits per heavy atom. The lowest BCUT2D eigenvalue weighted by molar-refractivity contribution is 0.272. The van der Waals surface area contributed by atoms with Crippen LogP contribution in [0.3, 0.4) is 0 Å². The van der Waals surface area contributed by atoms with Crippen molar-refractivity contribution in [2.45, 2.75) is 78.2 Å². The van der Waals surface area contributed by atoms with Crippen LogP contribution in [0.5, 0.6) is 0 Å². The molecule has 0 amide bonds. The minimum atomic E-state index is -3.07. The van der Waals surface area contributed by atoms with Crippen molar-refractivity contribution in [2.75, 3.05) is 31.9 Å². The van der Waals surface area contributed by atoms with Gasteiger partial charge in [0.2, 0.25) is 10.0 Å². The number of hydrogen-bond acceptors (Lipinski definition) is 3. The molecule has 0 aromatic rings. The zero-order chi connectivity index (χ0) is 19.7. The standard InChI is InChI=1S/C20H40N4O2S.HI/c1-4-15-27(25,26)24-13-10-19(11-14-24)23-20(21-5-2)22-12-9-18-8-6-7-17(3)16-18;/h17-19H,4-16H2,1-3H3,(H2,21,22,23);1H. The molecule has 0 bridgehead atoms. The summed E-state index contributed by atoms with van der Waals surface area (Å²) in [4.78, 5) is 4.79. The Morgan fingerprint density at radius 3 is 2.46 bits per heavy atom. The molecule has 1 saturated heterocycles. The van der Waals surface area contributed by atoms with E-state index >= 15 is 0 Å². The van der Waals surface area contributed by atoms with Crippen molar-refractivity contribution in [3.05, 3.63) is 0 Å². The van der Waals surface area contributed by atoms with E-state index in [1.165, 1.54) is 32.1 Å². The van der Waals surface area contributed by atoms with E-state index in [2.05, 4.69) is 24.5 Å². The van der Waals surface area contributed by atoms with Gasteiger partial charge in [0.1, 0.15) is 0 Å². The third-order valence-corrected chi connectivity index (χ3v) is 7.92. The first-order chi connectivity index (χ1) is 12.9. The summed E-state index contributed by atoms with van der Waals surface area (Å²) in [7, 11) is -3.07. The molecule has 8 heteroatoms. The van der Waals surface area contributed by atoms with E-state index < -0.39 is 10.0 Å². The highest BCUT2D eigenvalue weighted by Crippen LogP contribution is 2.30. The summed E-state index contributed by atoms with van der Waals surface area (Å²) >= 11 is 0. The van der Waals surface area contributed by atoms with Crippen molar-refractivity contribution < 1.29 is 8.42 Å². The van der Waals surface area contributed by atoms with Gasteiger partial charge in [0, 0.05) is 32.2 Å². The average molecular weight is 529 g/mol. The van der Waals surface area contributed by atoms with Crippen molar-refractivity contribution in [2.24, 2.45) is 16.8 Å². The molecular weight excluding hydrogens is 487 g/mol. The predicted octanol–water partition coefficient (Wildman–Crippen LogP) is 3.58. The van der Waals surface area contributed by atoms with Crippen molar-refractivity contribution >= 4 is 40.0 Å². The van der Waals surface area contributed by atoms with Crippen LogP contribution in [-0.4, -0.2) is 56.7 Å². The Hall–Kier alpha value is -0.0900. The van der Waals surface area contributed by atoms with E-state index in [0.29, 0.717) is 25.6 Å². The summed E-state index contributed by atoms with van der Waals surface area (Å²) in [5.41, 5.74) is 0. The van der Waals surface area contributed by atoms with Gasteiger partial charge in [-0.05, 0) is 50.9 Å². The third kappa shape index (κ3) is 8.73. The lowest BCUT2D eigenvalue weighted by Gasteiger charge is -2.32. The number of piperidine rings is 1. The summed E-state index contributed by atoms with van der Waals surface area (Å²) in [5, 5.41) is 6.87. The van der Waals surface area contributed by atoms with Crippen molar-refractivity contribution in [3.8, 4) is 0 Å². The van der Waals surface area contributed by atoms with Gasteiger partial charge in [0.25, 0.3) is 0 Å². The number of halogens is 1. The first-order valence-corrected chi connectivity index (χ1v) is 12.6. The molecule has 2 unspecified atom stereocenters. The molecule has 1 heterocycles. The van der Waals surface area contributed by atoms with Crippen LogP contribution in [0.4, 0.5) is 0 Å². The van der Waals surface area contributed by atoms with E-state index in [-0.39, 0.29) is 29.7 Å². The first kappa shape index (κ1) is 25.9. The average Bonchev–Trinajstić information content (AvgIpc) is 2.62. The number of guanidine groups is 1. The third-order valence-electron chi connectivity index (χ3n) is 5.85. The molecule has 1 aliphatic carbocycles. The van der Waals surface area contributed by atoms with E-state index in [9.17, 15) is 8.42 Å². The van der Waals surface area contributed by atoms with Crippen molar-refractivity contribution in [1.82, 2.24) is 14.9 Å². The summed E-state index contributed by atoms with van der Waals surface area (Å²) in [6.07, 6.45) is 9.00. The fourth-order valence-electron chi connectivity index (χ4n) is 4.36. The molecule has 0 spiro atoms. The summed E-state index contributed by atoms with van der Waals surface area (Å²) in [5.74, 6) is 2.84. The van der Waals surface area contributed by atoms with Gasteiger partial charge >= 0.3 is 0 Å². The van der Waals surface area contributed by atoms with Crippen LogP contribution in [0.2, 0.25) is 0 Å². The molecule has 2 atom stereocenters. The molecule has 166 valence electrons. The molecule has 0 radical (unpaired) electrons. The maximum atomic E-state index is 12.2. The fourth-order valence-corrected chi connectivity index (χ4v) is 5.90. The number of nitrogens with one attached hydrogen (secondary N) is 2. The summed E-state index contributed by atoms with van der Waals surface area (Å²) in [6.45, 7) is 9.30. The predicted molar refractivity (Wildman–Crippen MR) is 129 cm³/mol. The second kappa shape index (κ2) is 13.3. The van der Waals surface area contributed by atoms with Crippen LogP contribution in [0, 0.1) is 11.8 Å². The molecule has 6 nitrogen and oxygen atoms in total. The Balaban J connectivity index is 0.00000392. The highest BCUT2D eigenvalue weighted by molar-refractivity contribution is 14.0. The van der Waals surface area contributed by atoms with Crippen LogP contribution >= 0.6 is 24.0 Å². The first-order valence-electron chi connectivity index (χ1n) is 11.0. The molecule has 2 fully saturated rings. The largest absolute Gasteiger partial charge is 0.357 e. The summed E-state index contributed by atoms with van der Waals surface area (Å²) in [6, 6.07) is 0.297. The molecule has 0 aromatic carbocycles. The lowest BCUT2D eigenvalue weighted by atomic mass is 9.81. The van der Waals surface area contributed by atoms with Gasteiger partial charge in [-0.1, -0.05) is 33.1 Å². The minimum absolute atomic E-state index is 0. The second-order valence-electron chi connectivity index (χ2n) is 8.32. The van der Waals surface area contributed by atoms with Crippen LogP contribution < -0.4 is 10.6 Å². The number of sulfonamides is 1. The van der Waals surface area contributed by atoms with Gasteiger partial charge in [-0.3, -0.25) is 4.99 Å². The SMILES string of the molecule is CCCS(=O)(=O)N1CCC(NC(=NCCC2CCCC(C)C2)NCC)CC1.I. The van der Waals surface area contributed by atoms with Gasteiger partial charge in [0.05, 0.1) is 5.75 Å². The molecule has 1 saturated carbocycles. The lowest BCUT2D eigenvalue weighted by Crippen LogP contribution is -2.50. The van der Waals surface area contributed by atoms with Crippen molar-refractivity contribution in [1.29, 1.82) is 0 Å². The zero-order valence-electron chi connectivity index (χ0n) is 18.0. The zero-order valence-corrected chi connectivity index (χ0v) is 21.1. The van der Waals surface area contributed by atoms with Gasteiger partial charge in [-0.2, -0.15) is 0 Å². The van der Waals surface area contributed by atoms with Gasteiger partial charge in [0.15, 0.2) is 5.96 Å². The van der Waals surface area contributed by atoms with E-state index in [4.69, 9.17) is 4.99 Å². The maximum Gasteiger partial charge on any atom is 0.214 e. The molecular formula is C20H41IN4O2S. The minimum Gasteiger partial charge on any atom is -0.357 e. The van der Waals surface area contributed by atoms with Gasteiger partial charge < -0.3 is 10.6 Å². The van der Waals surface area contributed by atoms with E-state index in [1.54, 1.807) is 4.31 Å². The van der Waals surface area contributed by atoms with Crippen LogP contribution in [0.25, 0.3) is 0 Å². The number of hydrogen-bond donors (Lipinski definition) is 2. The molecule has 28 heavy (non-hydrogen) atoms. The van der Waals surface area contributed by atoms with E-state index in [0.717, 1.165) is 43.7 Å². The van der Waals surface area contributed by atoms with E-state index in [1.807, 2.05) is 6.92 Å². The Bertz CT molecular complexity index is 563. The molecule has 2 aliphatic rings. The second-order valence-corrected chi connectivity index (χ2v) is 10.4. The molecule has 2 rings (SSSR count). The van der Waals surface area contributed by atoms with Crippen LogP contribution in [0.1, 0.15) is 72.1 Å². The normalized spacial score (nSPS) is 25.2. The molecule has 0 aromatic heterocycles. The summed E-state index contributed by atoms with van der Waals surface area (Å²) < 4.78 is 26.1. The van der Waals surface area contributed by atoms with Crippen LogP contribution in [0.15, 0.2) is 4.99 Å². The molecule has 1 aliphatic heterocycles. The highest BCUT2D eigenvalue weighted by Gasteiger charge is 2.27. The highest BCUT2D eigenvalue weighted by atomic mass is 127. The Morgan fingerprint density at radius 2 is 1.86 bits per heavy atom.